The first-order valence-corrected chi connectivity index (χ1v) is 6.05. The van der Waals surface area contributed by atoms with Gasteiger partial charge in [-0.1, -0.05) is 36.1 Å². The topological polar surface area (TPSA) is 3.24 Å². The zero-order chi connectivity index (χ0) is 10.6. The van der Waals surface area contributed by atoms with E-state index in [1.807, 2.05) is 31.1 Å². The van der Waals surface area contributed by atoms with E-state index in [2.05, 4.69) is 24.8 Å². The number of benzene rings is 1. The Labute approximate surface area is 100 Å². The SMILES string of the molecule is CN(C)C(=S)SCc1ccc(S)cc1. The maximum absolute atomic E-state index is 5.18. The van der Waals surface area contributed by atoms with Crippen LogP contribution >= 0.6 is 36.6 Å². The summed E-state index contributed by atoms with van der Waals surface area (Å²) in [5.41, 5.74) is 1.28. The first-order chi connectivity index (χ1) is 6.59. The number of thioether (sulfide) groups is 1. The molecule has 0 aliphatic rings. The summed E-state index contributed by atoms with van der Waals surface area (Å²) in [6, 6.07) is 8.15. The predicted molar refractivity (Wildman–Crippen MR) is 71.3 cm³/mol. The Balaban J connectivity index is 2.46. The van der Waals surface area contributed by atoms with Crippen molar-refractivity contribution in [3.63, 3.8) is 0 Å². The van der Waals surface area contributed by atoms with Gasteiger partial charge >= 0.3 is 0 Å². The van der Waals surface area contributed by atoms with Gasteiger partial charge < -0.3 is 4.90 Å². The number of hydrogen-bond acceptors (Lipinski definition) is 3. The Morgan fingerprint density at radius 2 is 1.93 bits per heavy atom. The molecule has 0 amide bonds. The van der Waals surface area contributed by atoms with E-state index < -0.39 is 0 Å². The molecule has 1 aromatic carbocycles. The van der Waals surface area contributed by atoms with Gasteiger partial charge in [0.25, 0.3) is 0 Å². The molecule has 0 heterocycles. The van der Waals surface area contributed by atoms with Crippen molar-refractivity contribution >= 4 is 40.9 Å². The molecule has 0 unspecified atom stereocenters. The summed E-state index contributed by atoms with van der Waals surface area (Å²) < 4.78 is 0.917. The Morgan fingerprint density at radius 3 is 2.43 bits per heavy atom. The van der Waals surface area contributed by atoms with Gasteiger partial charge in [-0.05, 0) is 17.7 Å². The molecule has 0 aliphatic heterocycles. The second-order valence-electron chi connectivity index (χ2n) is 3.12. The van der Waals surface area contributed by atoms with Crippen molar-refractivity contribution in [2.45, 2.75) is 10.6 Å². The molecule has 4 heteroatoms. The van der Waals surface area contributed by atoms with Gasteiger partial charge in [-0.25, -0.2) is 0 Å². The molecule has 0 aromatic heterocycles. The van der Waals surface area contributed by atoms with Gasteiger partial charge in [-0.3, -0.25) is 0 Å². The maximum atomic E-state index is 5.18. The van der Waals surface area contributed by atoms with Gasteiger partial charge in [-0.15, -0.1) is 12.6 Å². The van der Waals surface area contributed by atoms with Crippen molar-refractivity contribution in [3.05, 3.63) is 29.8 Å². The second-order valence-corrected chi connectivity index (χ2v) is 5.24. The lowest BCUT2D eigenvalue weighted by molar-refractivity contribution is 0.648. The largest absolute Gasteiger partial charge is 0.364 e. The Hall–Kier alpha value is -0.190. The van der Waals surface area contributed by atoms with E-state index >= 15 is 0 Å². The van der Waals surface area contributed by atoms with E-state index in [-0.39, 0.29) is 0 Å². The number of thiol groups is 1. The lowest BCUT2D eigenvalue weighted by atomic mass is 10.2. The van der Waals surface area contributed by atoms with Crippen LogP contribution in [0.25, 0.3) is 0 Å². The van der Waals surface area contributed by atoms with E-state index in [4.69, 9.17) is 12.2 Å². The molecule has 0 saturated carbocycles. The fraction of sp³-hybridized carbons (Fsp3) is 0.300. The highest BCUT2D eigenvalue weighted by Crippen LogP contribution is 2.16. The molecule has 0 N–H and O–H groups in total. The van der Waals surface area contributed by atoms with Gasteiger partial charge in [-0.2, -0.15) is 0 Å². The van der Waals surface area contributed by atoms with Crippen LogP contribution in [0.2, 0.25) is 0 Å². The van der Waals surface area contributed by atoms with Crippen LogP contribution in [0.15, 0.2) is 29.2 Å². The van der Waals surface area contributed by atoms with Crippen molar-refractivity contribution in [2.24, 2.45) is 0 Å². The zero-order valence-electron chi connectivity index (χ0n) is 8.23. The molecular weight excluding hydrogens is 230 g/mol. The zero-order valence-corrected chi connectivity index (χ0v) is 10.8. The average molecular weight is 243 g/mol. The molecule has 0 bridgehead atoms. The van der Waals surface area contributed by atoms with Crippen LogP contribution in [-0.2, 0) is 5.75 Å². The predicted octanol–water partition coefficient (Wildman–Crippen LogP) is 3.06. The molecule has 0 fully saturated rings. The van der Waals surface area contributed by atoms with Crippen molar-refractivity contribution in [1.29, 1.82) is 0 Å². The van der Waals surface area contributed by atoms with Crippen molar-refractivity contribution in [1.82, 2.24) is 4.90 Å². The van der Waals surface area contributed by atoms with Gasteiger partial charge in [0.2, 0.25) is 0 Å². The van der Waals surface area contributed by atoms with E-state index in [0.717, 1.165) is 15.0 Å². The lowest BCUT2D eigenvalue weighted by Crippen LogP contribution is -2.16. The van der Waals surface area contributed by atoms with Crippen LogP contribution in [0.5, 0.6) is 0 Å². The smallest absolute Gasteiger partial charge is 0.136 e. The number of thiocarbonyl (C=S) groups is 1. The molecule has 0 spiro atoms. The molecule has 76 valence electrons. The monoisotopic (exact) mass is 243 g/mol. The van der Waals surface area contributed by atoms with Crippen molar-refractivity contribution < 1.29 is 0 Å². The van der Waals surface area contributed by atoms with Crippen LogP contribution in [-0.4, -0.2) is 23.3 Å². The summed E-state index contributed by atoms with van der Waals surface area (Å²) in [4.78, 5) is 2.95. The van der Waals surface area contributed by atoms with Crippen LogP contribution < -0.4 is 0 Å². The van der Waals surface area contributed by atoms with Crippen LogP contribution in [0.1, 0.15) is 5.56 Å². The Bertz CT molecular complexity index is 306. The highest BCUT2D eigenvalue weighted by molar-refractivity contribution is 8.22. The minimum Gasteiger partial charge on any atom is -0.364 e. The molecular formula is C10H13NS3. The third-order valence-electron chi connectivity index (χ3n) is 1.66. The molecule has 0 aliphatic carbocycles. The summed E-state index contributed by atoms with van der Waals surface area (Å²) >= 11 is 11.1. The maximum Gasteiger partial charge on any atom is 0.136 e. The fourth-order valence-electron chi connectivity index (χ4n) is 0.866. The highest BCUT2D eigenvalue weighted by atomic mass is 32.2. The standard InChI is InChI=1S/C10H13NS3/c1-11(2)10(13)14-7-8-3-5-9(12)6-4-8/h3-6,12H,7H2,1-2H3. The normalized spacial score (nSPS) is 9.93. The van der Waals surface area contributed by atoms with E-state index in [1.165, 1.54) is 5.56 Å². The van der Waals surface area contributed by atoms with Gasteiger partial charge in [0.1, 0.15) is 4.32 Å². The van der Waals surface area contributed by atoms with Crippen LogP contribution in [0.3, 0.4) is 0 Å². The minimum absolute atomic E-state index is 0.917. The van der Waals surface area contributed by atoms with Gasteiger partial charge in [0.05, 0.1) is 0 Å². The van der Waals surface area contributed by atoms with Crippen molar-refractivity contribution in [2.75, 3.05) is 14.1 Å². The number of rotatable bonds is 2. The Kier molecular flexibility index (Phi) is 4.78. The summed E-state index contributed by atoms with van der Waals surface area (Å²) in [5.74, 6) is 0.922. The molecule has 14 heavy (non-hydrogen) atoms. The third-order valence-corrected chi connectivity index (χ3v) is 3.77. The van der Waals surface area contributed by atoms with Crippen molar-refractivity contribution in [3.8, 4) is 0 Å². The summed E-state index contributed by atoms with van der Waals surface area (Å²) in [6.45, 7) is 0. The van der Waals surface area contributed by atoms with Gasteiger partial charge in [0.15, 0.2) is 0 Å². The quantitative estimate of drug-likeness (QED) is 0.628. The first kappa shape index (κ1) is 11.9. The fourth-order valence-corrected chi connectivity index (χ4v) is 1.93. The highest BCUT2D eigenvalue weighted by Gasteiger charge is 2.00. The summed E-state index contributed by atoms with van der Waals surface area (Å²) in [6.07, 6.45) is 0. The van der Waals surface area contributed by atoms with Gasteiger partial charge in [0, 0.05) is 24.7 Å². The van der Waals surface area contributed by atoms with E-state index in [0.29, 0.717) is 0 Å². The Morgan fingerprint density at radius 1 is 1.36 bits per heavy atom. The van der Waals surface area contributed by atoms with Crippen LogP contribution in [0, 0.1) is 0 Å². The number of nitrogens with zero attached hydrogens (tertiary/aromatic N) is 1. The molecule has 1 nitrogen and oxygen atoms in total. The third kappa shape index (κ3) is 3.90. The molecule has 0 radical (unpaired) electrons. The molecule has 0 saturated heterocycles. The van der Waals surface area contributed by atoms with E-state index in [1.54, 1.807) is 11.8 Å². The molecule has 1 rings (SSSR count). The minimum atomic E-state index is 0.917. The lowest BCUT2D eigenvalue weighted by Gasteiger charge is -2.12. The molecule has 1 aromatic rings. The summed E-state index contributed by atoms with van der Waals surface area (Å²) in [5, 5.41) is 0. The van der Waals surface area contributed by atoms with Crippen LogP contribution in [0.4, 0.5) is 0 Å². The molecule has 0 atom stereocenters. The average Bonchev–Trinajstić information content (AvgIpc) is 2.16. The number of hydrogen-bond donors (Lipinski definition) is 1. The second kappa shape index (κ2) is 5.63. The summed E-state index contributed by atoms with van der Waals surface area (Å²) in [7, 11) is 3.93. The van der Waals surface area contributed by atoms with E-state index in [9.17, 15) is 0 Å². The first-order valence-electron chi connectivity index (χ1n) is 4.21.